The molecule has 35 nitrogen and oxygen atoms in total. The summed E-state index contributed by atoms with van der Waals surface area (Å²) in [6.07, 6.45) is 17.8. The van der Waals surface area contributed by atoms with Crippen molar-refractivity contribution in [3.05, 3.63) is 216 Å². The predicted octanol–water partition coefficient (Wildman–Crippen LogP) is 10.9. The molecule has 10 aliphatic heterocycles. The van der Waals surface area contributed by atoms with Crippen molar-refractivity contribution in [1.29, 1.82) is 0 Å². The molecule has 10 aromatic rings. The highest BCUT2D eigenvalue weighted by Gasteiger charge is 2.40. The number of unbranched alkanes of at least 4 members (excludes halogenated alkanes) is 3. The summed E-state index contributed by atoms with van der Waals surface area (Å²) in [6, 6.07) is 31.9. The number of nitrogens with zero attached hydrogens (tertiary/aromatic N) is 22. The number of carbonyl (C=O) groups is 1. The molecule has 0 amide bonds. The molecule has 18 heterocycles. The lowest BCUT2D eigenvalue weighted by Gasteiger charge is -2.43. The number of piperidine rings is 4. The minimum atomic E-state index is -1.05. The number of morpholine rings is 1. The predicted molar refractivity (Wildman–Crippen MR) is 502 cm³/mol. The van der Waals surface area contributed by atoms with Crippen LogP contribution in [-0.4, -0.2) is 232 Å². The third kappa shape index (κ3) is 22.7. The number of halogens is 4. The van der Waals surface area contributed by atoms with Gasteiger partial charge in [-0.15, -0.1) is 0 Å². The van der Waals surface area contributed by atoms with E-state index < -0.39 is 17.1 Å². The number of hydrogen-bond donors (Lipinski definition) is 4. The molecule has 7 saturated heterocycles. The Morgan fingerprint density at radius 1 is 0.469 bits per heavy atom. The Hall–Kier alpha value is -11.2. The zero-order valence-corrected chi connectivity index (χ0v) is 76.4. The number of rotatable bonds is 22. The van der Waals surface area contributed by atoms with Crippen LogP contribution in [0.4, 0.5) is 47.6 Å². The average molecular weight is 1860 g/mol. The third-order valence-electron chi connectivity index (χ3n) is 25.5. The van der Waals surface area contributed by atoms with E-state index in [1.807, 2.05) is 50.1 Å². The lowest BCUT2D eigenvalue weighted by molar-refractivity contribution is 0.0398. The van der Waals surface area contributed by atoms with E-state index in [0.717, 1.165) is 234 Å². The second kappa shape index (κ2) is 43.2. The molecule has 10 aliphatic rings. The maximum Gasteiger partial charge on any atom is 0.335 e. The van der Waals surface area contributed by atoms with Gasteiger partial charge in [0.2, 0.25) is 47.6 Å². The normalized spacial score (nSPS) is 20.7. The largest absolute Gasteiger partial charge is 0.478 e. The molecule has 6 bridgehead atoms. The first kappa shape index (κ1) is 92.1. The molecule has 0 spiro atoms. The quantitative estimate of drug-likeness (QED) is 0.0458. The average Bonchev–Trinajstić information content (AvgIpc) is 1.24. The zero-order valence-electron chi connectivity index (χ0n) is 73.4. The molecule has 0 aliphatic carbocycles. The van der Waals surface area contributed by atoms with Crippen LogP contribution in [0.1, 0.15) is 143 Å². The number of benzene rings is 2. The minimum absolute atomic E-state index is 0.0180. The van der Waals surface area contributed by atoms with Gasteiger partial charge in [-0.05, 0) is 142 Å². The fourth-order valence-electron chi connectivity index (χ4n) is 18.8. The Labute approximate surface area is 772 Å². The number of aromatic nitrogens is 16. The summed E-state index contributed by atoms with van der Waals surface area (Å²) in [6.45, 7) is 23.5. The number of nitrogens with one attached hydrogen (secondary N) is 3. The number of anilines is 8. The monoisotopic (exact) mass is 1850 g/mol. The summed E-state index contributed by atoms with van der Waals surface area (Å²) >= 11 is 22.8. The van der Waals surface area contributed by atoms with Gasteiger partial charge < -0.3 is 73.5 Å². The lowest BCUT2D eigenvalue weighted by atomic mass is 9.83. The second-order valence-corrected chi connectivity index (χ2v) is 36.3. The Morgan fingerprint density at radius 2 is 0.931 bits per heavy atom. The van der Waals surface area contributed by atoms with Gasteiger partial charge in [0, 0.05) is 184 Å². The first-order chi connectivity index (χ1) is 63.2. The Kier molecular flexibility index (Phi) is 30.6. The molecule has 688 valence electrons. The van der Waals surface area contributed by atoms with Gasteiger partial charge in [0.15, 0.2) is 0 Å². The first-order valence-corrected chi connectivity index (χ1v) is 46.8. The molecular weight excluding hydrogens is 1740 g/mol. The van der Waals surface area contributed by atoms with Crippen molar-refractivity contribution in [3.8, 4) is 17.4 Å². The van der Waals surface area contributed by atoms with E-state index >= 15 is 0 Å². The van der Waals surface area contributed by atoms with Crippen LogP contribution in [0.3, 0.4) is 0 Å². The molecule has 0 radical (unpaired) electrons. The molecule has 2 aromatic carbocycles. The van der Waals surface area contributed by atoms with Gasteiger partial charge in [-0.2, -0.15) is 64.4 Å². The van der Waals surface area contributed by atoms with Gasteiger partial charge in [-0.3, -0.25) is 28.9 Å². The first-order valence-electron chi connectivity index (χ1n) is 45.3. The molecule has 8 aromatic heterocycles. The van der Waals surface area contributed by atoms with Crippen molar-refractivity contribution in [2.24, 2.45) is 23.7 Å². The summed E-state index contributed by atoms with van der Waals surface area (Å²) in [5.41, 5.74) is 3.93. The fraction of sp³-hybridized carbons (Fsp3) is 0.505. The SMILES string of the molecule is CC1CCN(c2nc(NCCN3CCOCC3)nc(N3CC4CC(C3)c3cccc(=O)n3C4)n2)CC1.CCCCCCNc1nc(OC)nc(N2CC3CC(C2)c2cccc(=O)n2C3)n1.O=C(O)c1ccc(-n2ncc(Cl)c(Cl)c2=O)cc1.O=c1c(Cl)c(Cl)cnn1-c1ccccc1.O=c1cccc2n1CC1CC2CN(c2nc(NCC3CCCO3)nc(N3CCCC3)n2)C1. The van der Waals surface area contributed by atoms with E-state index in [-0.39, 0.29) is 48.4 Å². The zero-order chi connectivity index (χ0) is 90.3. The molecule has 7 unspecified atom stereocenters. The highest BCUT2D eigenvalue weighted by Crippen LogP contribution is 2.41. The van der Waals surface area contributed by atoms with Crippen LogP contribution in [0.15, 0.2) is 146 Å². The Bertz CT molecular complexity index is 5870. The molecular formula is C91H111Cl4N25O10. The maximum atomic E-state index is 12.4. The maximum absolute atomic E-state index is 12.4. The van der Waals surface area contributed by atoms with Crippen LogP contribution in [0.5, 0.6) is 6.01 Å². The number of carboxylic acid groups (broad SMARTS) is 1. The highest BCUT2D eigenvalue weighted by molar-refractivity contribution is 6.42. The van der Waals surface area contributed by atoms with Gasteiger partial charge >= 0.3 is 12.0 Å². The van der Waals surface area contributed by atoms with Crippen LogP contribution in [0.25, 0.3) is 11.4 Å². The standard InChI is InChI=1S/C26H38N8O2.C23H31N7O2.C21H30N6O2.C11H6Cl2N2O3.C10H6Cl2N2O/c1-19-5-8-32(9-6-19)25-28-24(27-7-10-31-11-13-36-14-12-31)29-26(30-25)33-16-20-15-21(18-33)22-3-2-4-23(35)34(22)17-20;31-20-7-3-6-19-17-11-16(14-30(19)20)13-29(15-17)23-26-21(24-12-18-5-4-10-32-18)25-22(27-23)28-8-1-2-9-28;1-3-4-5-6-10-22-19-23-20(25-21(24-19)29-2)26-12-15-11-16(14-26)17-8-7-9-18(28)27(17)13-15;12-8-5-14-15(10(16)9(8)13)7-3-1-6(2-4-7)11(17)18;11-8-6-13-14(10(15)9(8)12)7-4-2-1-3-5-7/h2-4,19-21H,5-18H2,1H3,(H,27,28,29,30);3,6-7,16-18H,1-2,4-5,8-15H2,(H,24,25,26,27);7-9,15-16H,3-6,10-14H2,1-2H3,(H,22,23,24,25);1-5H,(H,17,18);1-6H. The van der Waals surface area contributed by atoms with Gasteiger partial charge in [0.25, 0.3) is 27.8 Å². The molecule has 7 atom stereocenters. The van der Waals surface area contributed by atoms with E-state index in [1.54, 1.807) is 37.4 Å². The lowest BCUT2D eigenvalue weighted by Crippen LogP contribution is -2.48. The number of hydrogen-bond acceptors (Lipinski definition) is 29. The summed E-state index contributed by atoms with van der Waals surface area (Å²) in [5, 5.41) is 26.8. The van der Waals surface area contributed by atoms with E-state index in [0.29, 0.717) is 76.7 Å². The van der Waals surface area contributed by atoms with Crippen LogP contribution in [-0.2, 0) is 29.1 Å². The van der Waals surface area contributed by atoms with Crippen molar-refractivity contribution in [2.45, 2.75) is 141 Å². The van der Waals surface area contributed by atoms with Crippen molar-refractivity contribution >= 4 is 100.0 Å². The van der Waals surface area contributed by atoms with Crippen LogP contribution >= 0.6 is 46.4 Å². The number of aromatic carboxylic acids is 1. The second-order valence-electron chi connectivity index (χ2n) is 34.8. The van der Waals surface area contributed by atoms with Crippen molar-refractivity contribution in [3.63, 3.8) is 0 Å². The summed E-state index contributed by atoms with van der Waals surface area (Å²) < 4.78 is 24.7. The van der Waals surface area contributed by atoms with E-state index in [9.17, 15) is 28.8 Å². The van der Waals surface area contributed by atoms with Crippen LogP contribution < -0.4 is 73.0 Å². The Morgan fingerprint density at radius 3 is 1.41 bits per heavy atom. The van der Waals surface area contributed by atoms with E-state index in [4.69, 9.17) is 95.6 Å². The molecule has 20 rings (SSSR count). The molecule has 39 heteroatoms. The highest BCUT2D eigenvalue weighted by atomic mass is 35.5. The molecule has 130 heavy (non-hydrogen) atoms. The minimum Gasteiger partial charge on any atom is -0.478 e. The third-order valence-corrected chi connectivity index (χ3v) is 27.0. The van der Waals surface area contributed by atoms with E-state index in [2.05, 4.69) is 103 Å². The van der Waals surface area contributed by atoms with E-state index in [1.165, 1.54) is 86.3 Å². The van der Waals surface area contributed by atoms with Gasteiger partial charge in [-0.25, -0.2) is 4.79 Å². The van der Waals surface area contributed by atoms with Gasteiger partial charge in [0.1, 0.15) is 10.0 Å². The summed E-state index contributed by atoms with van der Waals surface area (Å²) in [4.78, 5) is 128. The number of carboxylic acids is 1. The summed E-state index contributed by atoms with van der Waals surface area (Å²) in [5.74, 6) is 7.50. The van der Waals surface area contributed by atoms with Crippen LogP contribution in [0, 0.1) is 23.7 Å². The molecule has 7 fully saturated rings. The Balaban J connectivity index is 0.000000123. The van der Waals surface area contributed by atoms with Crippen molar-refractivity contribution in [2.75, 3.05) is 172 Å². The van der Waals surface area contributed by atoms with Crippen molar-refractivity contribution in [1.82, 2.24) is 83.0 Å². The van der Waals surface area contributed by atoms with Crippen LogP contribution in [0.2, 0.25) is 20.1 Å². The molecule has 4 N–H and O–H groups in total. The van der Waals surface area contributed by atoms with Gasteiger partial charge in [-0.1, -0.05) is 116 Å². The van der Waals surface area contributed by atoms with Gasteiger partial charge in [0.05, 0.1) is 65.8 Å². The smallest absolute Gasteiger partial charge is 0.335 e. The number of para-hydroxylation sites is 1. The number of fused-ring (bicyclic) bond motifs is 12. The summed E-state index contributed by atoms with van der Waals surface area (Å²) in [7, 11) is 1.58. The number of ether oxygens (including phenoxy) is 3. The van der Waals surface area contributed by atoms with Crippen molar-refractivity contribution < 1.29 is 24.1 Å². The molecule has 0 saturated carbocycles. The number of methoxy groups -OCH3 is 1. The number of pyridine rings is 3. The topological polar surface area (TPSA) is 372 Å². The fourth-order valence-corrected chi connectivity index (χ4v) is 19.3.